The van der Waals surface area contributed by atoms with Crippen LogP contribution < -0.4 is 5.73 Å². The smallest absolute Gasteiger partial charge is 0.000703 e. The molecule has 0 aromatic rings. The van der Waals surface area contributed by atoms with E-state index in [-0.39, 0.29) is 0 Å². The van der Waals surface area contributed by atoms with Gasteiger partial charge in [-0.25, -0.2) is 0 Å². The number of hydrogen-bond donors (Lipinski definition) is 1. The van der Waals surface area contributed by atoms with Gasteiger partial charge in [-0.1, -0.05) is 19.8 Å². The minimum Gasteiger partial charge on any atom is -0.330 e. The molecule has 14 heavy (non-hydrogen) atoms. The first-order valence-corrected chi connectivity index (χ1v) is 6.25. The van der Waals surface area contributed by atoms with Crippen LogP contribution in [0.25, 0.3) is 0 Å². The van der Waals surface area contributed by atoms with Crippen LogP contribution in [0.2, 0.25) is 0 Å². The van der Waals surface area contributed by atoms with Gasteiger partial charge in [-0.05, 0) is 51.2 Å². The fourth-order valence-electron chi connectivity index (χ4n) is 2.32. The van der Waals surface area contributed by atoms with Crippen molar-refractivity contribution in [1.29, 1.82) is 0 Å². The van der Waals surface area contributed by atoms with Crippen LogP contribution in [-0.4, -0.2) is 31.1 Å². The number of unbranched alkanes of at least 4 members (excludes halogenated alkanes) is 3. The Hall–Kier alpha value is -0.0800. The third-order valence-corrected chi connectivity index (χ3v) is 3.17. The molecule has 0 aromatic carbocycles. The molecule has 0 aromatic heterocycles. The molecule has 1 atom stereocenters. The summed E-state index contributed by atoms with van der Waals surface area (Å²) in [7, 11) is 0. The number of rotatable bonds is 6. The zero-order valence-electron chi connectivity index (χ0n) is 9.67. The van der Waals surface area contributed by atoms with Crippen LogP contribution in [0.1, 0.15) is 45.4 Å². The van der Waals surface area contributed by atoms with Gasteiger partial charge < -0.3 is 10.6 Å². The molecule has 0 aliphatic carbocycles. The molecule has 2 N–H and O–H groups in total. The second-order valence-corrected chi connectivity index (χ2v) is 4.75. The first kappa shape index (κ1) is 12.0. The normalized spacial score (nSPS) is 24.0. The molecule has 2 heteroatoms. The van der Waals surface area contributed by atoms with Crippen LogP contribution in [0.5, 0.6) is 0 Å². The molecule has 1 heterocycles. The van der Waals surface area contributed by atoms with Gasteiger partial charge in [0, 0.05) is 6.54 Å². The van der Waals surface area contributed by atoms with Gasteiger partial charge in [0.25, 0.3) is 0 Å². The van der Waals surface area contributed by atoms with E-state index in [2.05, 4.69) is 11.8 Å². The quantitative estimate of drug-likeness (QED) is 0.663. The predicted molar refractivity (Wildman–Crippen MR) is 62.4 cm³/mol. The standard InChI is InChI=1S/C12H26N2/c1-12-7-6-10-14(11-12)9-5-3-2-4-8-13/h12H,2-11,13H2,1H3/t12-/m1/s1. The minimum absolute atomic E-state index is 0.862. The summed E-state index contributed by atoms with van der Waals surface area (Å²) in [5, 5.41) is 0. The summed E-state index contributed by atoms with van der Waals surface area (Å²) in [5.41, 5.74) is 5.46. The molecule has 0 bridgehead atoms. The van der Waals surface area contributed by atoms with Crippen molar-refractivity contribution in [2.45, 2.75) is 45.4 Å². The van der Waals surface area contributed by atoms with E-state index in [0.29, 0.717) is 0 Å². The Balaban J connectivity index is 1.95. The van der Waals surface area contributed by atoms with Gasteiger partial charge in [-0.3, -0.25) is 0 Å². The summed E-state index contributed by atoms with van der Waals surface area (Å²) in [6.07, 6.45) is 8.10. The van der Waals surface area contributed by atoms with E-state index in [0.717, 1.165) is 12.5 Å². The number of nitrogens with zero attached hydrogens (tertiary/aromatic N) is 1. The summed E-state index contributed by atoms with van der Waals surface area (Å²) >= 11 is 0. The van der Waals surface area contributed by atoms with Gasteiger partial charge in [0.1, 0.15) is 0 Å². The van der Waals surface area contributed by atoms with Crippen molar-refractivity contribution >= 4 is 0 Å². The zero-order valence-corrected chi connectivity index (χ0v) is 9.67. The third-order valence-electron chi connectivity index (χ3n) is 3.17. The monoisotopic (exact) mass is 198 g/mol. The van der Waals surface area contributed by atoms with Crippen LogP contribution >= 0.6 is 0 Å². The van der Waals surface area contributed by atoms with Crippen LogP contribution in [0.3, 0.4) is 0 Å². The second-order valence-electron chi connectivity index (χ2n) is 4.75. The van der Waals surface area contributed by atoms with E-state index >= 15 is 0 Å². The fraction of sp³-hybridized carbons (Fsp3) is 1.00. The van der Waals surface area contributed by atoms with E-state index in [1.54, 1.807) is 0 Å². The lowest BCUT2D eigenvalue weighted by Crippen LogP contribution is -2.34. The average molecular weight is 198 g/mol. The Morgan fingerprint density at radius 3 is 2.71 bits per heavy atom. The summed E-state index contributed by atoms with van der Waals surface area (Å²) in [4.78, 5) is 2.64. The highest BCUT2D eigenvalue weighted by atomic mass is 15.1. The molecule has 1 saturated heterocycles. The molecular weight excluding hydrogens is 172 g/mol. The zero-order chi connectivity index (χ0) is 10.2. The van der Waals surface area contributed by atoms with Gasteiger partial charge in [0.2, 0.25) is 0 Å². The van der Waals surface area contributed by atoms with Gasteiger partial charge in [-0.15, -0.1) is 0 Å². The van der Waals surface area contributed by atoms with Crippen molar-refractivity contribution < 1.29 is 0 Å². The molecule has 0 saturated carbocycles. The Morgan fingerprint density at radius 1 is 1.21 bits per heavy atom. The highest BCUT2D eigenvalue weighted by Gasteiger charge is 2.14. The van der Waals surface area contributed by atoms with Crippen LogP contribution in [0.4, 0.5) is 0 Å². The predicted octanol–water partition coefficient (Wildman–Crippen LogP) is 2.24. The third kappa shape index (κ3) is 4.97. The number of hydrogen-bond acceptors (Lipinski definition) is 2. The number of nitrogens with two attached hydrogens (primary N) is 1. The molecule has 0 unspecified atom stereocenters. The fourth-order valence-corrected chi connectivity index (χ4v) is 2.32. The minimum atomic E-state index is 0.862. The second kappa shape index (κ2) is 7.24. The van der Waals surface area contributed by atoms with Crippen molar-refractivity contribution in [2.24, 2.45) is 11.7 Å². The van der Waals surface area contributed by atoms with E-state index in [1.807, 2.05) is 0 Å². The molecule has 1 rings (SSSR count). The highest BCUT2D eigenvalue weighted by molar-refractivity contribution is 4.69. The largest absolute Gasteiger partial charge is 0.330 e. The average Bonchev–Trinajstić information content (AvgIpc) is 2.18. The van der Waals surface area contributed by atoms with Crippen molar-refractivity contribution in [2.75, 3.05) is 26.2 Å². The highest BCUT2D eigenvalue weighted by Crippen LogP contribution is 2.15. The van der Waals surface area contributed by atoms with Gasteiger partial charge >= 0.3 is 0 Å². The van der Waals surface area contributed by atoms with E-state index in [9.17, 15) is 0 Å². The Bertz CT molecular complexity index is 136. The lowest BCUT2D eigenvalue weighted by Gasteiger charge is -2.30. The first-order chi connectivity index (χ1) is 6.83. The maximum absolute atomic E-state index is 5.46. The van der Waals surface area contributed by atoms with Crippen LogP contribution in [0.15, 0.2) is 0 Å². The van der Waals surface area contributed by atoms with Crippen molar-refractivity contribution in [1.82, 2.24) is 4.90 Å². The van der Waals surface area contributed by atoms with Gasteiger partial charge in [0.15, 0.2) is 0 Å². The van der Waals surface area contributed by atoms with Gasteiger partial charge in [0.05, 0.1) is 0 Å². The van der Waals surface area contributed by atoms with E-state index in [1.165, 1.54) is 58.2 Å². The lowest BCUT2D eigenvalue weighted by molar-refractivity contribution is 0.181. The lowest BCUT2D eigenvalue weighted by atomic mass is 10.00. The molecule has 84 valence electrons. The Morgan fingerprint density at radius 2 is 2.00 bits per heavy atom. The van der Waals surface area contributed by atoms with E-state index in [4.69, 9.17) is 5.73 Å². The number of likely N-dealkylation sites (tertiary alicyclic amines) is 1. The molecule has 1 fully saturated rings. The molecular formula is C12H26N2. The van der Waals surface area contributed by atoms with Crippen molar-refractivity contribution in [3.63, 3.8) is 0 Å². The van der Waals surface area contributed by atoms with Gasteiger partial charge in [-0.2, -0.15) is 0 Å². The van der Waals surface area contributed by atoms with Crippen molar-refractivity contribution in [3.8, 4) is 0 Å². The van der Waals surface area contributed by atoms with E-state index < -0.39 is 0 Å². The summed E-state index contributed by atoms with van der Waals surface area (Å²) in [6.45, 7) is 7.22. The topological polar surface area (TPSA) is 29.3 Å². The maximum atomic E-state index is 5.46. The Labute approximate surface area is 88.8 Å². The molecule has 0 amide bonds. The van der Waals surface area contributed by atoms with Crippen molar-refractivity contribution in [3.05, 3.63) is 0 Å². The SMILES string of the molecule is C[C@@H]1CCCN(CCCCCCN)C1. The Kier molecular flexibility index (Phi) is 6.20. The molecule has 0 radical (unpaired) electrons. The maximum Gasteiger partial charge on any atom is 0.000703 e. The summed E-state index contributed by atoms with van der Waals surface area (Å²) in [5.74, 6) is 0.924. The number of piperidine rings is 1. The molecule has 1 aliphatic heterocycles. The van der Waals surface area contributed by atoms with Crippen LogP contribution in [-0.2, 0) is 0 Å². The molecule has 2 nitrogen and oxygen atoms in total. The van der Waals surface area contributed by atoms with Crippen LogP contribution in [0, 0.1) is 5.92 Å². The molecule has 1 aliphatic rings. The molecule has 0 spiro atoms. The first-order valence-electron chi connectivity index (χ1n) is 6.25. The summed E-state index contributed by atoms with van der Waals surface area (Å²) < 4.78 is 0. The summed E-state index contributed by atoms with van der Waals surface area (Å²) in [6, 6.07) is 0.